The molecule has 0 amide bonds. The molecule has 1 aliphatic heterocycles. The van der Waals surface area contributed by atoms with Crippen molar-refractivity contribution in [1.82, 2.24) is 15.5 Å². The summed E-state index contributed by atoms with van der Waals surface area (Å²) in [6, 6.07) is 7.78. The van der Waals surface area contributed by atoms with Crippen molar-refractivity contribution in [2.45, 2.75) is 38.0 Å². The van der Waals surface area contributed by atoms with E-state index in [1.165, 1.54) is 0 Å². The van der Waals surface area contributed by atoms with Gasteiger partial charge in [-0.2, -0.15) is 4.98 Å². The molecule has 4 nitrogen and oxygen atoms in total. The van der Waals surface area contributed by atoms with Crippen molar-refractivity contribution in [3.05, 3.63) is 46.6 Å². The zero-order valence-electron chi connectivity index (χ0n) is 12.2. The van der Waals surface area contributed by atoms with Crippen molar-refractivity contribution in [2.75, 3.05) is 13.1 Å². The standard InChI is InChI=1S/C16H20ClN3O/c1-2-16(6-8-18-9-7-16)15-19-14(20-21-15)11-12-4-3-5-13(17)10-12/h3-5,10,18H,2,6-9,11H2,1H3. The normalized spacial score (nSPS) is 17.8. The van der Waals surface area contributed by atoms with Crippen LogP contribution in [-0.4, -0.2) is 23.2 Å². The molecule has 1 fully saturated rings. The van der Waals surface area contributed by atoms with E-state index in [0.717, 1.165) is 54.7 Å². The van der Waals surface area contributed by atoms with Crippen LogP contribution in [0.25, 0.3) is 0 Å². The molecule has 3 rings (SSSR count). The molecule has 0 atom stereocenters. The average molecular weight is 306 g/mol. The second-order valence-corrected chi connectivity index (χ2v) is 6.14. The van der Waals surface area contributed by atoms with Gasteiger partial charge in [0.1, 0.15) is 0 Å². The van der Waals surface area contributed by atoms with E-state index in [0.29, 0.717) is 6.42 Å². The monoisotopic (exact) mass is 305 g/mol. The first-order chi connectivity index (χ1) is 10.2. The molecule has 1 N–H and O–H groups in total. The smallest absolute Gasteiger partial charge is 0.232 e. The van der Waals surface area contributed by atoms with Gasteiger partial charge in [0.25, 0.3) is 0 Å². The molecule has 0 spiro atoms. The maximum absolute atomic E-state index is 6.01. The van der Waals surface area contributed by atoms with Gasteiger partial charge in [0.15, 0.2) is 5.82 Å². The van der Waals surface area contributed by atoms with Gasteiger partial charge in [0.2, 0.25) is 5.89 Å². The van der Waals surface area contributed by atoms with E-state index in [-0.39, 0.29) is 5.41 Å². The predicted molar refractivity (Wildman–Crippen MR) is 82.6 cm³/mol. The molecule has 1 saturated heterocycles. The van der Waals surface area contributed by atoms with E-state index >= 15 is 0 Å². The van der Waals surface area contributed by atoms with Crippen LogP contribution in [0.5, 0.6) is 0 Å². The summed E-state index contributed by atoms with van der Waals surface area (Å²) in [7, 11) is 0. The second-order valence-electron chi connectivity index (χ2n) is 5.71. The molecule has 0 bridgehead atoms. The lowest BCUT2D eigenvalue weighted by Crippen LogP contribution is -2.39. The van der Waals surface area contributed by atoms with E-state index < -0.39 is 0 Å². The zero-order chi connectivity index (χ0) is 14.7. The summed E-state index contributed by atoms with van der Waals surface area (Å²) in [6.07, 6.45) is 3.81. The van der Waals surface area contributed by atoms with Crippen LogP contribution in [0.2, 0.25) is 5.02 Å². The molecule has 112 valence electrons. The Kier molecular flexibility index (Phi) is 4.27. The molecule has 21 heavy (non-hydrogen) atoms. The summed E-state index contributed by atoms with van der Waals surface area (Å²) >= 11 is 6.01. The summed E-state index contributed by atoms with van der Waals surface area (Å²) in [5, 5.41) is 8.29. The zero-order valence-corrected chi connectivity index (χ0v) is 13.0. The maximum atomic E-state index is 6.01. The van der Waals surface area contributed by atoms with Gasteiger partial charge in [-0.3, -0.25) is 0 Å². The SMILES string of the molecule is CCC1(c2nc(Cc3cccc(Cl)c3)no2)CCNCC1. The van der Waals surface area contributed by atoms with Crippen molar-refractivity contribution in [3.8, 4) is 0 Å². The number of aromatic nitrogens is 2. The Morgan fingerprint density at radius 2 is 2.14 bits per heavy atom. The highest BCUT2D eigenvalue weighted by molar-refractivity contribution is 6.30. The molecular weight excluding hydrogens is 286 g/mol. The van der Waals surface area contributed by atoms with E-state index in [4.69, 9.17) is 16.1 Å². The lowest BCUT2D eigenvalue weighted by molar-refractivity contribution is 0.216. The third-order valence-corrected chi connectivity index (χ3v) is 4.65. The van der Waals surface area contributed by atoms with Crippen LogP contribution in [0.4, 0.5) is 0 Å². The number of piperidine rings is 1. The predicted octanol–water partition coefficient (Wildman–Crippen LogP) is 3.35. The third-order valence-electron chi connectivity index (χ3n) is 4.41. The number of rotatable bonds is 4. The first-order valence-corrected chi connectivity index (χ1v) is 7.88. The van der Waals surface area contributed by atoms with Gasteiger partial charge in [-0.05, 0) is 50.0 Å². The third kappa shape index (κ3) is 3.11. The lowest BCUT2D eigenvalue weighted by atomic mass is 9.76. The Morgan fingerprint density at radius 1 is 1.33 bits per heavy atom. The second kappa shape index (κ2) is 6.16. The van der Waals surface area contributed by atoms with E-state index in [1.807, 2.05) is 24.3 Å². The average Bonchev–Trinajstić information content (AvgIpc) is 2.97. The number of nitrogens with zero attached hydrogens (tertiary/aromatic N) is 2. The van der Waals surface area contributed by atoms with Gasteiger partial charge < -0.3 is 9.84 Å². The number of nitrogens with one attached hydrogen (secondary N) is 1. The molecule has 2 heterocycles. The summed E-state index contributed by atoms with van der Waals surface area (Å²) < 4.78 is 5.58. The Hall–Kier alpha value is -1.39. The van der Waals surface area contributed by atoms with Gasteiger partial charge in [0.05, 0.1) is 5.41 Å². The van der Waals surface area contributed by atoms with E-state index in [2.05, 4.69) is 22.4 Å². The van der Waals surface area contributed by atoms with Crippen LogP contribution in [0.1, 0.15) is 43.5 Å². The molecular formula is C16H20ClN3O. The first-order valence-electron chi connectivity index (χ1n) is 7.50. The number of benzene rings is 1. The minimum atomic E-state index is 0.0465. The molecule has 0 radical (unpaired) electrons. The molecule has 0 unspecified atom stereocenters. The molecule has 2 aromatic rings. The van der Waals surface area contributed by atoms with Crippen LogP contribution in [0.15, 0.2) is 28.8 Å². The minimum absolute atomic E-state index is 0.0465. The van der Waals surface area contributed by atoms with Crippen LogP contribution in [-0.2, 0) is 11.8 Å². The molecule has 1 aliphatic rings. The van der Waals surface area contributed by atoms with E-state index in [9.17, 15) is 0 Å². The summed E-state index contributed by atoms with van der Waals surface area (Å²) in [5.41, 5.74) is 1.15. The summed E-state index contributed by atoms with van der Waals surface area (Å²) in [5.74, 6) is 1.53. The fourth-order valence-corrected chi connectivity index (χ4v) is 3.21. The van der Waals surface area contributed by atoms with Gasteiger partial charge in [-0.25, -0.2) is 0 Å². The molecule has 1 aromatic carbocycles. The summed E-state index contributed by atoms with van der Waals surface area (Å²) in [4.78, 5) is 4.65. The van der Waals surface area contributed by atoms with Gasteiger partial charge in [-0.15, -0.1) is 0 Å². The van der Waals surface area contributed by atoms with Crippen molar-refractivity contribution in [3.63, 3.8) is 0 Å². The highest BCUT2D eigenvalue weighted by Gasteiger charge is 2.37. The Bertz CT molecular complexity index is 605. The van der Waals surface area contributed by atoms with Crippen LogP contribution in [0.3, 0.4) is 0 Å². The summed E-state index contributed by atoms with van der Waals surface area (Å²) in [6.45, 7) is 4.23. The lowest BCUT2D eigenvalue weighted by Gasteiger charge is -2.33. The van der Waals surface area contributed by atoms with Gasteiger partial charge in [-0.1, -0.05) is 35.8 Å². The highest BCUT2D eigenvalue weighted by Crippen LogP contribution is 2.35. The van der Waals surface area contributed by atoms with Gasteiger partial charge in [0, 0.05) is 11.4 Å². The number of hydrogen-bond donors (Lipinski definition) is 1. The van der Waals surface area contributed by atoms with Crippen molar-refractivity contribution in [2.24, 2.45) is 0 Å². The molecule has 0 saturated carbocycles. The van der Waals surface area contributed by atoms with E-state index in [1.54, 1.807) is 0 Å². The number of halogens is 1. The van der Waals surface area contributed by atoms with Crippen molar-refractivity contribution >= 4 is 11.6 Å². The molecule has 0 aliphatic carbocycles. The topological polar surface area (TPSA) is 51.0 Å². The quantitative estimate of drug-likeness (QED) is 0.941. The van der Waals surface area contributed by atoms with Crippen LogP contribution < -0.4 is 5.32 Å². The van der Waals surface area contributed by atoms with Crippen LogP contribution in [0, 0.1) is 0 Å². The Balaban J connectivity index is 1.79. The molecule has 5 heteroatoms. The largest absolute Gasteiger partial charge is 0.339 e. The fourth-order valence-electron chi connectivity index (χ4n) is 2.99. The Labute approximate surface area is 129 Å². The molecule has 1 aromatic heterocycles. The van der Waals surface area contributed by atoms with Crippen molar-refractivity contribution in [1.29, 1.82) is 0 Å². The maximum Gasteiger partial charge on any atom is 0.232 e. The van der Waals surface area contributed by atoms with Gasteiger partial charge >= 0.3 is 0 Å². The Morgan fingerprint density at radius 3 is 2.86 bits per heavy atom. The van der Waals surface area contributed by atoms with Crippen molar-refractivity contribution < 1.29 is 4.52 Å². The van der Waals surface area contributed by atoms with Crippen LogP contribution >= 0.6 is 11.6 Å². The number of hydrogen-bond acceptors (Lipinski definition) is 4. The fraction of sp³-hybridized carbons (Fsp3) is 0.500. The highest BCUT2D eigenvalue weighted by atomic mass is 35.5. The first kappa shape index (κ1) is 14.5. The minimum Gasteiger partial charge on any atom is -0.339 e.